The zero-order valence-electron chi connectivity index (χ0n) is 16.3. The average Bonchev–Trinajstić information content (AvgIpc) is 3.30. The number of nitro benzene ring substituents is 1. The number of carbonyl (C=O) groups is 1. The second kappa shape index (κ2) is 8.23. The Hall–Kier alpha value is -3.89. The number of anilines is 2. The second-order valence-corrected chi connectivity index (χ2v) is 7.09. The summed E-state index contributed by atoms with van der Waals surface area (Å²) in [6.07, 6.45) is 4.46. The fourth-order valence-corrected chi connectivity index (χ4v) is 3.53. The highest BCUT2D eigenvalue weighted by Gasteiger charge is 2.28. The standard InChI is InChI=1S/C19H20N8O3/c1-13-4-2-6-15(27(29)30)18(13)22-19(28)14-5-3-9-25(10-14)16-7-8-17(24-23-16)26-12-20-11-21-26/h2,4,6-8,11-12,14H,3,5,9-10H2,1H3,(H,22,28). The van der Waals surface area contributed by atoms with E-state index < -0.39 is 4.92 Å². The fraction of sp³-hybridized carbons (Fsp3) is 0.316. The van der Waals surface area contributed by atoms with Crippen LogP contribution in [-0.4, -0.2) is 48.9 Å². The Morgan fingerprint density at radius 2 is 2.03 bits per heavy atom. The summed E-state index contributed by atoms with van der Waals surface area (Å²) in [6.45, 7) is 2.95. The predicted octanol–water partition coefficient (Wildman–Crippen LogP) is 2.13. The van der Waals surface area contributed by atoms with Crippen LogP contribution in [0.5, 0.6) is 0 Å². The number of aromatic nitrogens is 5. The molecule has 1 unspecified atom stereocenters. The van der Waals surface area contributed by atoms with E-state index >= 15 is 0 Å². The number of benzene rings is 1. The number of carbonyl (C=O) groups excluding carboxylic acids is 1. The Balaban J connectivity index is 1.47. The van der Waals surface area contributed by atoms with E-state index in [-0.39, 0.29) is 23.2 Å². The number of nitrogens with one attached hydrogen (secondary N) is 1. The quantitative estimate of drug-likeness (QED) is 0.501. The number of para-hydroxylation sites is 1. The van der Waals surface area contributed by atoms with Crippen molar-refractivity contribution in [2.75, 3.05) is 23.3 Å². The number of hydrogen-bond donors (Lipinski definition) is 1. The first kappa shape index (κ1) is 19.4. The van der Waals surface area contributed by atoms with Gasteiger partial charge in [-0.15, -0.1) is 10.2 Å². The van der Waals surface area contributed by atoms with Gasteiger partial charge in [0.2, 0.25) is 5.91 Å². The third-order valence-electron chi connectivity index (χ3n) is 5.10. The molecule has 30 heavy (non-hydrogen) atoms. The molecule has 0 aliphatic carbocycles. The van der Waals surface area contributed by atoms with Crippen molar-refractivity contribution in [3.05, 3.63) is 58.7 Å². The van der Waals surface area contributed by atoms with Crippen molar-refractivity contribution in [2.45, 2.75) is 19.8 Å². The number of aryl methyl sites for hydroxylation is 1. The highest BCUT2D eigenvalue weighted by molar-refractivity contribution is 5.96. The third-order valence-corrected chi connectivity index (χ3v) is 5.10. The van der Waals surface area contributed by atoms with Gasteiger partial charge in [0.1, 0.15) is 18.3 Å². The lowest BCUT2D eigenvalue weighted by atomic mass is 9.96. The molecule has 1 saturated heterocycles. The van der Waals surface area contributed by atoms with Crippen molar-refractivity contribution in [1.29, 1.82) is 0 Å². The van der Waals surface area contributed by atoms with Gasteiger partial charge in [-0.05, 0) is 37.5 Å². The van der Waals surface area contributed by atoms with Crippen LogP contribution in [0, 0.1) is 23.0 Å². The summed E-state index contributed by atoms with van der Waals surface area (Å²) in [4.78, 5) is 29.6. The van der Waals surface area contributed by atoms with E-state index in [1.807, 2.05) is 11.0 Å². The molecule has 0 spiro atoms. The Morgan fingerprint density at radius 3 is 2.73 bits per heavy atom. The summed E-state index contributed by atoms with van der Waals surface area (Å²) in [5, 5.41) is 26.5. The molecule has 0 radical (unpaired) electrons. The number of piperidine rings is 1. The predicted molar refractivity (Wildman–Crippen MR) is 108 cm³/mol. The van der Waals surface area contributed by atoms with Gasteiger partial charge in [-0.1, -0.05) is 12.1 Å². The van der Waals surface area contributed by atoms with Crippen molar-refractivity contribution < 1.29 is 9.72 Å². The molecule has 1 aliphatic rings. The minimum Gasteiger partial charge on any atom is -0.354 e. The van der Waals surface area contributed by atoms with Gasteiger partial charge in [-0.25, -0.2) is 9.67 Å². The Morgan fingerprint density at radius 1 is 1.23 bits per heavy atom. The summed E-state index contributed by atoms with van der Waals surface area (Å²) in [5.74, 6) is 0.673. The number of hydrogen-bond acceptors (Lipinski definition) is 8. The van der Waals surface area contributed by atoms with Gasteiger partial charge < -0.3 is 10.2 Å². The van der Waals surface area contributed by atoms with Gasteiger partial charge in [0.15, 0.2) is 11.6 Å². The van der Waals surface area contributed by atoms with Gasteiger partial charge in [-0.2, -0.15) is 5.10 Å². The maximum Gasteiger partial charge on any atom is 0.293 e. The fourth-order valence-electron chi connectivity index (χ4n) is 3.53. The molecular formula is C19H20N8O3. The molecule has 1 aromatic carbocycles. The molecule has 2 aromatic heterocycles. The Bertz CT molecular complexity index is 1050. The number of amides is 1. The topological polar surface area (TPSA) is 132 Å². The molecule has 0 bridgehead atoms. The summed E-state index contributed by atoms with van der Waals surface area (Å²) < 4.78 is 1.51. The van der Waals surface area contributed by atoms with E-state index in [4.69, 9.17) is 0 Å². The molecule has 3 aromatic rings. The van der Waals surface area contributed by atoms with Crippen molar-refractivity contribution >= 4 is 23.1 Å². The molecule has 11 nitrogen and oxygen atoms in total. The molecule has 1 amide bonds. The van der Waals surface area contributed by atoms with Crippen LogP contribution in [0.2, 0.25) is 0 Å². The maximum absolute atomic E-state index is 12.9. The zero-order chi connectivity index (χ0) is 21.1. The Kier molecular flexibility index (Phi) is 5.33. The first-order chi connectivity index (χ1) is 14.5. The van der Waals surface area contributed by atoms with E-state index in [9.17, 15) is 14.9 Å². The minimum atomic E-state index is -0.484. The monoisotopic (exact) mass is 408 g/mol. The summed E-state index contributed by atoms with van der Waals surface area (Å²) in [5.41, 5.74) is 0.798. The van der Waals surface area contributed by atoms with Gasteiger partial charge in [0.05, 0.1) is 10.8 Å². The summed E-state index contributed by atoms with van der Waals surface area (Å²) in [7, 11) is 0. The van der Waals surface area contributed by atoms with E-state index in [1.54, 1.807) is 25.1 Å². The van der Waals surface area contributed by atoms with Crippen LogP contribution in [0.3, 0.4) is 0 Å². The molecule has 11 heteroatoms. The van der Waals surface area contributed by atoms with E-state index in [0.29, 0.717) is 30.2 Å². The van der Waals surface area contributed by atoms with Crippen LogP contribution in [0.15, 0.2) is 43.0 Å². The van der Waals surface area contributed by atoms with Crippen LogP contribution in [-0.2, 0) is 4.79 Å². The number of nitrogens with zero attached hydrogens (tertiary/aromatic N) is 7. The number of nitro groups is 1. The summed E-state index contributed by atoms with van der Waals surface area (Å²) >= 11 is 0. The Labute approximate surface area is 171 Å². The van der Waals surface area contributed by atoms with Gasteiger partial charge in [0.25, 0.3) is 5.69 Å². The third kappa shape index (κ3) is 3.95. The highest BCUT2D eigenvalue weighted by atomic mass is 16.6. The van der Waals surface area contributed by atoms with Gasteiger partial charge in [0, 0.05) is 19.2 Å². The van der Waals surface area contributed by atoms with Gasteiger partial charge >= 0.3 is 0 Å². The van der Waals surface area contributed by atoms with Gasteiger partial charge in [-0.3, -0.25) is 14.9 Å². The average molecular weight is 408 g/mol. The smallest absolute Gasteiger partial charge is 0.293 e. The largest absolute Gasteiger partial charge is 0.354 e. The lowest BCUT2D eigenvalue weighted by Gasteiger charge is -2.32. The van der Waals surface area contributed by atoms with Crippen LogP contribution >= 0.6 is 0 Å². The van der Waals surface area contributed by atoms with Crippen LogP contribution in [0.4, 0.5) is 17.2 Å². The van der Waals surface area contributed by atoms with E-state index in [1.165, 1.54) is 23.4 Å². The van der Waals surface area contributed by atoms with E-state index in [2.05, 4.69) is 25.6 Å². The molecule has 0 saturated carbocycles. The van der Waals surface area contributed by atoms with Crippen LogP contribution in [0.1, 0.15) is 18.4 Å². The first-order valence-corrected chi connectivity index (χ1v) is 9.51. The molecule has 4 rings (SSSR count). The molecule has 1 N–H and O–H groups in total. The van der Waals surface area contributed by atoms with Crippen LogP contribution < -0.4 is 10.2 Å². The molecule has 1 aliphatic heterocycles. The first-order valence-electron chi connectivity index (χ1n) is 9.51. The second-order valence-electron chi connectivity index (χ2n) is 7.09. The lowest BCUT2D eigenvalue weighted by molar-refractivity contribution is -0.384. The molecular weight excluding hydrogens is 388 g/mol. The summed E-state index contributed by atoms with van der Waals surface area (Å²) in [6, 6.07) is 8.35. The molecule has 154 valence electrons. The normalized spacial score (nSPS) is 16.3. The lowest BCUT2D eigenvalue weighted by Crippen LogP contribution is -2.41. The zero-order valence-corrected chi connectivity index (χ0v) is 16.3. The highest BCUT2D eigenvalue weighted by Crippen LogP contribution is 2.29. The number of rotatable bonds is 5. The maximum atomic E-state index is 12.9. The van der Waals surface area contributed by atoms with Crippen molar-refractivity contribution in [3.63, 3.8) is 0 Å². The van der Waals surface area contributed by atoms with Crippen LogP contribution in [0.25, 0.3) is 5.82 Å². The van der Waals surface area contributed by atoms with Crippen molar-refractivity contribution in [3.8, 4) is 5.82 Å². The van der Waals surface area contributed by atoms with E-state index in [0.717, 1.165) is 13.0 Å². The van der Waals surface area contributed by atoms with Crippen molar-refractivity contribution in [2.24, 2.45) is 5.92 Å². The minimum absolute atomic E-state index is 0.106. The SMILES string of the molecule is Cc1cccc([N+](=O)[O-])c1NC(=O)C1CCCN(c2ccc(-n3cncn3)nn2)C1. The molecule has 1 atom stereocenters. The molecule has 3 heterocycles. The molecule has 1 fully saturated rings. The van der Waals surface area contributed by atoms with Crippen molar-refractivity contribution in [1.82, 2.24) is 25.0 Å².